The van der Waals surface area contributed by atoms with Gasteiger partial charge in [0.05, 0.1) is 41.2 Å². The molecule has 12 heteroatoms. The molecule has 0 saturated carbocycles. The lowest BCUT2D eigenvalue weighted by Gasteiger charge is -2.40. The molecule has 0 bridgehead atoms. The van der Waals surface area contributed by atoms with Crippen LogP contribution in [0, 0.1) is 0 Å². The van der Waals surface area contributed by atoms with Crippen molar-refractivity contribution in [1.29, 1.82) is 0 Å². The van der Waals surface area contributed by atoms with Crippen molar-refractivity contribution in [3.05, 3.63) is 124 Å². The number of rotatable bonds is 14. The highest BCUT2D eigenvalue weighted by atomic mass is 16.7. The van der Waals surface area contributed by atoms with Gasteiger partial charge in [0.15, 0.2) is 6.29 Å². The van der Waals surface area contributed by atoms with Crippen LogP contribution in [0.1, 0.15) is 86.5 Å². The van der Waals surface area contributed by atoms with Gasteiger partial charge in [-0.25, -0.2) is 4.79 Å². The van der Waals surface area contributed by atoms with Crippen LogP contribution in [-0.4, -0.2) is 57.1 Å². The highest BCUT2D eigenvalue weighted by Crippen LogP contribution is 2.39. The number of benzene rings is 4. The Balaban J connectivity index is 0.918. The van der Waals surface area contributed by atoms with Gasteiger partial charge in [-0.2, -0.15) is 0 Å². The molecular weight excluding hydrogens is 697 g/mol. The Morgan fingerprint density at radius 3 is 2.20 bits per heavy atom. The lowest BCUT2D eigenvalue weighted by Crippen LogP contribution is -2.43. The molecule has 5 aromatic rings. The smallest absolute Gasteiger partial charge is 0.326 e. The van der Waals surface area contributed by atoms with Gasteiger partial charge in [0.1, 0.15) is 0 Å². The molecule has 0 radical (unpaired) electrons. The predicted molar refractivity (Wildman–Crippen MR) is 213 cm³/mol. The van der Waals surface area contributed by atoms with E-state index in [9.17, 15) is 19.5 Å². The van der Waals surface area contributed by atoms with E-state index in [1.165, 1.54) is 0 Å². The summed E-state index contributed by atoms with van der Waals surface area (Å²) in [5.41, 5.74) is 12.2. The number of H-pyrrole nitrogens is 1. The van der Waals surface area contributed by atoms with Crippen molar-refractivity contribution in [3.8, 4) is 0 Å². The summed E-state index contributed by atoms with van der Waals surface area (Å²) in [5, 5.41) is 15.4. The van der Waals surface area contributed by atoms with Crippen LogP contribution in [0.4, 0.5) is 17.1 Å². The number of hydrogen-bond acceptors (Lipinski definition) is 8. The van der Waals surface area contributed by atoms with Gasteiger partial charge in [-0.3, -0.25) is 14.2 Å². The fraction of sp³-hybridized carbons (Fsp3) is 0.372. The number of aromatic amines is 1. The van der Waals surface area contributed by atoms with Crippen LogP contribution in [0.15, 0.2) is 102 Å². The third-order valence-electron chi connectivity index (χ3n) is 10.6. The number of unbranched alkanes of at least 4 members (excludes halogenated alkanes) is 2. The van der Waals surface area contributed by atoms with E-state index < -0.39 is 6.29 Å². The number of imidazole rings is 1. The molecule has 2 fully saturated rings. The molecule has 6 N–H and O–H groups in total. The van der Waals surface area contributed by atoms with E-state index in [1.54, 1.807) is 12.1 Å². The SMILES string of the molecule is Nc1ccccc1NC(=O)CCCCCC(=O)Nc1ccc(C2OC(CN3CCC(n4c(=O)[nH]c5ccccc54)CC3)CC(c3ccc(CO)cc3)O2)cc1. The summed E-state index contributed by atoms with van der Waals surface area (Å²) >= 11 is 0. The number of anilines is 3. The van der Waals surface area contributed by atoms with Crippen molar-refractivity contribution < 1.29 is 24.2 Å². The number of aliphatic hydroxyl groups excluding tert-OH is 1. The minimum absolute atomic E-state index is 0.0200. The molecule has 0 spiro atoms. The molecule has 1 aromatic heterocycles. The number of carbonyl (C=O) groups is 2. The Kier molecular flexibility index (Phi) is 12.4. The summed E-state index contributed by atoms with van der Waals surface area (Å²) in [4.78, 5) is 43.2. The zero-order valence-electron chi connectivity index (χ0n) is 31.0. The third-order valence-corrected chi connectivity index (χ3v) is 10.6. The first kappa shape index (κ1) is 38.0. The zero-order chi connectivity index (χ0) is 38.1. The number of aromatic nitrogens is 2. The monoisotopic (exact) mass is 746 g/mol. The van der Waals surface area contributed by atoms with Gasteiger partial charge in [-0.1, -0.05) is 67.1 Å². The van der Waals surface area contributed by atoms with Gasteiger partial charge in [-0.05, 0) is 73.2 Å². The molecule has 12 nitrogen and oxygen atoms in total. The van der Waals surface area contributed by atoms with Crippen LogP contribution in [0.5, 0.6) is 0 Å². The third kappa shape index (κ3) is 9.70. The maximum absolute atomic E-state index is 12.8. The number of nitrogens with one attached hydrogen (secondary N) is 3. The van der Waals surface area contributed by atoms with Gasteiger partial charge < -0.3 is 40.8 Å². The number of piperidine rings is 1. The molecule has 0 aliphatic carbocycles. The second-order valence-corrected chi connectivity index (χ2v) is 14.6. The van der Waals surface area contributed by atoms with Gasteiger partial charge >= 0.3 is 5.69 Å². The standard InChI is InChI=1S/C43H50N6O6/c44-35-8-4-5-9-36(35)46-41(52)13-3-1-2-12-40(51)45-32-20-18-31(19-21-32)42-54-34(26-39(55-42)30-16-14-29(28-50)15-17-30)27-48-24-22-33(23-25-48)49-38-11-7-6-10-37(38)47-43(49)53/h4-11,14-21,33-34,39,42,50H,1-3,12-13,22-28,44H2,(H,45,51)(H,46,52)(H,47,53). The Morgan fingerprint density at radius 2 is 1.47 bits per heavy atom. The Labute approximate surface area is 320 Å². The Bertz CT molecular complexity index is 2100. The van der Waals surface area contributed by atoms with E-state index in [0.29, 0.717) is 49.2 Å². The molecule has 3 atom stereocenters. The van der Waals surface area contributed by atoms with Crippen LogP contribution in [0.3, 0.4) is 0 Å². The summed E-state index contributed by atoms with van der Waals surface area (Å²) in [6, 6.07) is 30.6. The number of likely N-dealkylation sites (tertiary alicyclic amines) is 1. The number of fused-ring (bicyclic) bond motifs is 1. The molecule has 4 aromatic carbocycles. The number of nitrogens with two attached hydrogens (primary N) is 1. The van der Waals surface area contributed by atoms with E-state index >= 15 is 0 Å². The first-order valence-electron chi connectivity index (χ1n) is 19.3. The van der Waals surface area contributed by atoms with Crippen LogP contribution >= 0.6 is 0 Å². The summed E-state index contributed by atoms with van der Waals surface area (Å²) < 4.78 is 15.1. The number of amides is 2. The topological polar surface area (TPSA) is 164 Å². The average Bonchev–Trinajstić information content (AvgIpc) is 3.54. The molecule has 288 valence electrons. The minimum Gasteiger partial charge on any atom is -0.397 e. The maximum Gasteiger partial charge on any atom is 0.326 e. The summed E-state index contributed by atoms with van der Waals surface area (Å²) in [6.45, 7) is 2.42. The maximum atomic E-state index is 12.8. The highest BCUT2D eigenvalue weighted by molar-refractivity contribution is 5.93. The van der Waals surface area contributed by atoms with Gasteiger partial charge in [0.2, 0.25) is 11.8 Å². The number of nitrogen functional groups attached to an aromatic ring is 1. The molecular formula is C43H50N6O6. The van der Waals surface area contributed by atoms with Crippen molar-refractivity contribution >= 4 is 39.9 Å². The lowest BCUT2D eigenvalue weighted by molar-refractivity contribution is -0.253. The van der Waals surface area contributed by atoms with E-state index in [2.05, 4.69) is 20.5 Å². The van der Waals surface area contributed by atoms with Gasteiger partial charge in [-0.15, -0.1) is 0 Å². The highest BCUT2D eigenvalue weighted by Gasteiger charge is 2.34. The molecule has 55 heavy (non-hydrogen) atoms. The molecule has 3 unspecified atom stereocenters. The van der Waals surface area contributed by atoms with Gasteiger partial charge in [0, 0.05) is 56.2 Å². The van der Waals surface area contributed by atoms with Crippen molar-refractivity contribution in [1.82, 2.24) is 14.5 Å². The summed E-state index contributed by atoms with van der Waals surface area (Å²) in [7, 11) is 0. The Morgan fingerprint density at radius 1 is 0.800 bits per heavy atom. The van der Waals surface area contributed by atoms with Crippen LogP contribution in [-0.2, 0) is 25.7 Å². The van der Waals surface area contributed by atoms with Crippen molar-refractivity contribution in [2.45, 2.75) is 82.5 Å². The number of para-hydroxylation sites is 4. The molecule has 2 aliphatic heterocycles. The van der Waals surface area contributed by atoms with Gasteiger partial charge in [0.25, 0.3) is 0 Å². The fourth-order valence-electron chi connectivity index (χ4n) is 7.64. The molecule has 7 rings (SSSR count). The van der Waals surface area contributed by atoms with Crippen LogP contribution in [0.2, 0.25) is 0 Å². The van der Waals surface area contributed by atoms with E-state index in [4.69, 9.17) is 15.2 Å². The normalized spacial score (nSPS) is 19.3. The number of hydrogen-bond donors (Lipinski definition) is 5. The Hall–Kier alpha value is -5.27. The lowest BCUT2D eigenvalue weighted by atomic mass is 9.98. The molecule has 3 heterocycles. The van der Waals surface area contributed by atoms with E-state index in [-0.39, 0.29) is 42.4 Å². The fourth-order valence-corrected chi connectivity index (χ4v) is 7.64. The minimum atomic E-state index is -0.608. The number of ether oxygens (including phenoxy) is 2. The van der Waals surface area contributed by atoms with E-state index in [1.807, 2.05) is 89.5 Å². The first-order chi connectivity index (χ1) is 26.8. The number of nitrogens with zero attached hydrogens (tertiary/aromatic N) is 2. The summed E-state index contributed by atoms with van der Waals surface area (Å²) in [6.07, 6.45) is 4.34. The van der Waals surface area contributed by atoms with Crippen LogP contribution in [0.25, 0.3) is 11.0 Å². The largest absolute Gasteiger partial charge is 0.397 e. The number of aliphatic hydroxyl groups is 1. The van der Waals surface area contributed by atoms with Crippen molar-refractivity contribution in [3.63, 3.8) is 0 Å². The summed E-state index contributed by atoms with van der Waals surface area (Å²) in [5.74, 6) is -0.170. The predicted octanol–water partition coefficient (Wildman–Crippen LogP) is 6.81. The van der Waals surface area contributed by atoms with Crippen LogP contribution < -0.4 is 22.1 Å². The zero-order valence-corrected chi connectivity index (χ0v) is 31.0. The number of carbonyl (C=O) groups excluding carboxylic acids is 2. The molecule has 2 aliphatic rings. The van der Waals surface area contributed by atoms with Crippen molar-refractivity contribution in [2.24, 2.45) is 0 Å². The quantitative estimate of drug-likeness (QED) is 0.0611. The van der Waals surface area contributed by atoms with Crippen molar-refractivity contribution in [2.75, 3.05) is 36.0 Å². The molecule has 2 amide bonds. The first-order valence-corrected chi connectivity index (χ1v) is 19.3. The molecule has 2 saturated heterocycles. The average molecular weight is 747 g/mol. The second kappa shape index (κ2) is 17.9. The van der Waals surface area contributed by atoms with E-state index in [0.717, 1.165) is 66.6 Å². The second-order valence-electron chi connectivity index (χ2n) is 14.6.